The molecule has 1 aromatic carbocycles. The van der Waals surface area contributed by atoms with Crippen molar-refractivity contribution in [1.29, 1.82) is 0 Å². The number of carbonyl (C=O) groups is 2. The molecule has 0 heterocycles. The van der Waals surface area contributed by atoms with Crippen LogP contribution in [0.4, 0.5) is 0 Å². The van der Waals surface area contributed by atoms with Crippen molar-refractivity contribution in [3.05, 3.63) is 47.5 Å². The minimum absolute atomic E-state index is 0.198. The number of benzene rings is 1. The monoisotopic (exact) mass is 250 g/mol. The van der Waals surface area contributed by atoms with Gasteiger partial charge >= 0.3 is 11.9 Å². The lowest BCUT2D eigenvalue weighted by molar-refractivity contribution is -0.134. The summed E-state index contributed by atoms with van der Waals surface area (Å²) in [6.45, 7) is 0. The Morgan fingerprint density at radius 1 is 1.11 bits per heavy atom. The second-order valence-electron chi connectivity index (χ2n) is 3.76. The molecule has 18 heavy (non-hydrogen) atoms. The van der Waals surface area contributed by atoms with Crippen LogP contribution >= 0.6 is 0 Å². The van der Waals surface area contributed by atoms with Gasteiger partial charge in [-0.3, -0.25) is 0 Å². The molecule has 1 aliphatic rings. The number of aliphatic hydroxyl groups excluding tert-OH is 1. The Morgan fingerprint density at radius 3 is 2.17 bits per heavy atom. The van der Waals surface area contributed by atoms with Gasteiger partial charge < -0.3 is 15.3 Å². The maximum atomic E-state index is 9.55. The predicted octanol–water partition coefficient (Wildman–Crippen LogP) is 1.38. The van der Waals surface area contributed by atoms with E-state index in [-0.39, 0.29) is 6.10 Å². The van der Waals surface area contributed by atoms with E-state index in [1.165, 1.54) is 5.56 Å². The van der Waals surface area contributed by atoms with Crippen LogP contribution < -0.4 is 0 Å². The topological polar surface area (TPSA) is 94.8 Å². The average Bonchev–Trinajstić information content (AvgIpc) is 2.70. The fraction of sp³-hybridized carbons (Fsp3) is 0.231. The molecule has 3 N–H and O–H groups in total. The summed E-state index contributed by atoms with van der Waals surface area (Å²) in [5.74, 6) is -2.51. The zero-order valence-electron chi connectivity index (χ0n) is 9.61. The Morgan fingerprint density at radius 2 is 1.67 bits per heavy atom. The molecule has 0 bridgehead atoms. The van der Waals surface area contributed by atoms with Crippen LogP contribution in [0.25, 0.3) is 0 Å². The highest BCUT2D eigenvalue weighted by molar-refractivity contribution is 5.89. The SMILES string of the molecule is O=C(O)/C=C\C(=O)O.OC1CCc2ccccc21. The van der Waals surface area contributed by atoms with Gasteiger partial charge in [0.25, 0.3) is 0 Å². The maximum Gasteiger partial charge on any atom is 0.328 e. The third kappa shape index (κ3) is 4.39. The van der Waals surface area contributed by atoms with Crippen LogP contribution in [0.5, 0.6) is 0 Å². The van der Waals surface area contributed by atoms with E-state index in [9.17, 15) is 14.7 Å². The molecule has 0 saturated carbocycles. The molecule has 0 amide bonds. The van der Waals surface area contributed by atoms with E-state index in [1.807, 2.05) is 18.2 Å². The number of aliphatic hydroxyl groups is 1. The fourth-order valence-electron chi connectivity index (χ4n) is 1.68. The Balaban J connectivity index is 0.000000187. The molecule has 1 aliphatic carbocycles. The van der Waals surface area contributed by atoms with E-state index >= 15 is 0 Å². The summed E-state index contributed by atoms with van der Waals surface area (Å²) < 4.78 is 0. The van der Waals surface area contributed by atoms with E-state index in [0.29, 0.717) is 12.2 Å². The third-order valence-corrected chi connectivity index (χ3v) is 2.47. The van der Waals surface area contributed by atoms with E-state index in [0.717, 1.165) is 18.4 Å². The normalized spacial score (nSPS) is 16.8. The van der Waals surface area contributed by atoms with Gasteiger partial charge in [0.15, 0.2) is 0 Å². The van der Waals surface area contributed by atoms with Crippen LogP contribution in [0.3, 0.4) is 0 Å². The second kappa shape index (κ2) is 6.56. The molecule has 0 spiro atoms. The first-order chi connectivity index (χ1) is 8.50. The van der Waals surface area contributed by atoms with Gasteiger partial charge in [0.05, 0.1) is 6.10 Å². The Hall–Kier alpha value is -2.14. The quantitative estimate of drug-likeness (QED) is 0.689. The van der Waals surface area contributed by atoms with Crippen LogP contribution in [0, 0.1) is 0 Å². The molecule has 0 radical (unpaired) electrons. The zero-order valence-corrected chi connectivity index (χ0v) is 9.61. The standard InChI is InChI=1S/C9H10O.C4H4O4/c10-9-6-5-7-3-1-2-4-8(7)9;5-3(6)1-2-4(7)8/h1-4,9-10H,5-6H2;1-2H,(H,5,6)(H,7,8)/b;2-1-. The van der Waals surface area contributed by atoms with Crippen LogP contribution in [-0.2, 0) is 16.0 Å². The van der Waals surface area contributed by atoms with E-state index in [4.69, 9.17) is 10.2 Å². The largest absolute Gasteiger partial charge is 0.478 e. The summed E-state index contributed by atoms with van der Waals surface area (Å²) >= 11 is 0. The molecule has 2 rings (SSSR count). The van der Waals surface area contributed by atoms with Crippen LogP contribution in [0.1, 0.15) is 23.7 Å². The Kier molecular flexibility index (Phi) is 5.07. The van der Waals surface area contributed by atoms with Gasteiger partial charge in [-0.2, -0.15) is 0 Å². The molecule has 0 saturated heterocycles. The average molecular weight is 250 g/mol. The van der Waals surface area contributed by atoms with E-state index in [2.05, 4.69) is 6.07 Å². The van der Waals surface area contributed by atoms with Crippen LogP contribution in [0.2, 0.25) is 0 Å². The molecule has 0 aliphatic heterocycles. The summed E-state index contributed by atoms with van der Waals surface area (Å²) in [6.07, 6.45) is 2.86. The van der Waals surface area contributed by atoms with Crippen molar-refractivity contribution in [3.8, 4) is 0 Å². The number of hydrogen-bond donors (Lipinski definition) is 3. The van der Waals surface area contributed by atoms with Gasteiger partial charge in [0.1, 0.15) is 0 Å². The van der Waals surface area contributed by atoms with Crippen molar-refractivity contribution < 1.29 is 24.9 Å². The van der Waals surface area contributed by atoms with Crippen molar-refractivity contribution in [3.63, 3.8) is 0 Å². The molecular weight excluding hydrogens is 236 g/mol. The highest BCUT2D eigenvalue weighted by Crippen LogP contribution is 2.29. The number of carboxylic acids is 2. The van der Waals surface area contributed by atoms with Crippen molar-refractivity contribution in [1.82, 2.24) is 0 Å². The molecule has 1 unspecified atom stereocenters. The number of rotatable bonds is 2. The second-order valence-corrected chi connectivity index (χ2v) is 3.76. The molecule has 5 nitrogen and oxygen atoms in total. The third-order valence-electron chi connectivity index (χ3n) is 2.47. The van der Waals surface area contributed by atoms with Gasteiger partial charge in [-0.25, -0.2) is 9.59 Å². The highest BCUT2D eigenvalue weighted by atomic mass is 16.4. The smallest absolute Gasteiger partial charge is 0.328 e. The molecular formula is C13H14O5. The zero-order chi connectivity index (χ0) is 13.5. The van der Waals surface area contributed by atoms with E-state index < -0.39 is 11.9 Å². The summed E-state index contributed by atoms with van der Waals surface area (Å²) in [5, 5.41) is 25.0. The van der Waals surface area contributed by atoms with Crippen molar-refractivity contribution in [2.24, 2.45) is 0 Å². The van der Waals surface area contributed by atoms with Gasteiger partial charge in [0.2, 0.25) is 0 Å². The van der Waals surface area contributed by atoms with Gasteiger partial charge in [0, 0.05) is 12.2 Å². The molecule has 96 valence electrons. The molecule has 0 fully saturated rings. The number of hydrogen-bond acceptors (Lipinski definition) is 3. The summed E-state index contributed by atoms with van der Waals surface area (Å²) in [5.41, 5.74) is 2.44. The summed E-state index contributed by atoms with van der Waals surface area (Å²) in [4.78, 5) is 19.1. The van der Waals surface area contributed by atoms with Crippen molar-refractivity contribution in [2.75, 3.05) is 0 Å². The lowest BCUT2D eigenvalue weighted by Gasteiger charge is -2.00. The molecule has 1 aromatic rings. The van der Waals surface area contributed by atoms with Crippen molar-refractivity contribution in [2.45, 2.75) is 18.9 Å². The maximum absolute atomic E-state index is 9.55. The van der Waals surface area contributed by atoms with Gasteiger partial charge in [-0.05, 0) is 24.0 Å². The lowest BCUT2D eigenvalue weighted by Crippen LogP contribution is -1.91. The number of fused-ring (bicyclic) bond motifs is 1. The first-order valence-corrected chi connectivity index (χ1v) is 5.40. The molecule has 0 aromatic heterocycles. The van der Waals surface area contributed by atoms with Crippen LogP contribution in [0.15, 0.2) is 36.4 Å². The van der Waals surface area contributed by atoms with E-state index in [1.54, 1.807) is 0 Å². The van der Waals surface area contributed by atoms with Gasteiger partial charge in [-0.15, -0.1) is 0 Å². The Labute approximate surface area is 104 Å². The minimum Gasteiger partial charge on any atom is -0.478 e. The highest BCUT2D eigenvalue weighted by Gasteiger charge is 2.18. The van der Waals surface area contributed by atoms with Crippen LogP contribution in [-0.4, -0.2) is 27.3 Å². The Bertz CT molecular complexity index is 448. The van der Waals surface area contributed by atoms with Crippen molar-refractivity contribution >= 4 is 11.9 Å². The lowest BCUT2D eigenvalue weighted by atomic mass is 10.1. The minimum atomic E-state index is -1.26. The molecule has 1 atom stereocenters. The predicted molar refractivity (Wildman–Crippen MR) is 64.1 cm³/mol. The fourth-order valence-corrected chi connectivity index (χ4v) is 1.68. The number of carboxylic acid groups (broad SMARTS) is 2. The summed E-state index contributed by atoms with van der Waals surface area (Å²) in [6, 6.07) is 8.10. The summed E-state index contributed by atoms with van der Waals surface area (Å²) in [7, 11) is 0. The molecule has 5 heteroatoms. The number of aryl methyl sites for hydroxylation is 1. The number of aliphatic carboxylic acids is 2. The first kappa shape index (κ1) is 13.9. The first-order valence-electron chi connectivity index (χ1n) is 5.40. The van der Waals surface area contributed by atoms with Gasteiger partial charge in [-0.1, -0.05) is 24.3 Å².